The molecular weight excluding hydrogens is 264 g/mol. The Balaban J connectivity index is 2.11. The number of rotatable bonds is 3. The van der Waals surface area contributed by atoms with Crippen LogP contribution in [0.3, 0.4) is 0 Å². The monoisotopic (exact) mass is 274 g/mol. The molecule has 7 heteroatoms. The molecule has 0 N–H and O–H groups in total. The number of amides is 1. The number of pyridine rings is 1. The molecule has 1 fully saturated rings. The predicted octanol–water partition coefficient (Wildman–Crippen LogP) is 1.00. The van der Waals surface area contributed by atoms with Crippen molar-refractivity contribution in [3.05, 3.63) is 24.4 Å². The van der Waals surface area contributed by atoms with Gasteiger partial charge in [0.2, 0.25) is 15.0 Å². The van der Waals surface area contributed by atoms with Crippen LogP contribution >= 0.6 is 10.7 Å². The molecule has 2 heterocycles. The summed E-state index contributed by atoms with van der Waals surface area (Å²) in [5.41, 5.74) is 0. The topological polar surface area (TPSA) is 67.3 Å². The zero-order valence-corrected chi connectivity index (χ0v) is 10.5. The molecule has 0 radical (unpaired) electrons. The molecule has 1 aliphatic rings. The maximum Gasteiger partial charge on any atom is 0.232 e. The van der Waals surface area contributed by atoms with Crippen LogP contribution in [0.5, 0.6) is 0 Å². The van der Waals surface area contributed by atoms with Gasteiger partial charge < -0.3 is 0 Å². The van der Waals surface area contributed by atoms with E-state index in [0.29, 0.717) is 12.4 Å². The summed E-state index contributed by atoms with van der Waals surface area (Å²) in [4.78, 5) is 17.3. The lowest BCUT2D eigenvalue weighted by Gasteiger charge is -2.14. The average molecular weight is 275 g/mol. The van der Waals surface area contributed by atoms with Crippen LogP contribution in [-0.4, -0.2) is 31.6 Å². The van der Waals surface area contributed by atoms with Gasteiger partial charge in [-0.25, -0.2) is 13.4 Å². The number of nitrogens with zero attached hydrogens (tertiary/aromatic N) is 2. The third-order valence-corrected chi connectivity index (χ3v) is 3.81. The molecule has 0 aromatic carbocycles. The van der Waals surface area contributed by atoms with Crippen LogP contribution in [0.25, 0.3) is 0 Å². The third kappa shape index (κ3) is 3.17. The van der Waals surface area contributed by atoms with Crippen molar-refractivity contribution in [3.63, 3.8) is 0 Å². The fourth-order valence-electron chi connectivity index (χ4n) is 1.91. The Morgan fingerprint density at radius 2 is 2.24 bits per heavy atom. The van der Waals surface area contributed by atoms with Crippen LogP contribution in [0, 0.1) is 5.92 Å². The second-order valence-corrected chi connectivity index (χ2v) is 6.79. The summed E-state index contributed by atoms with van der Waals surface area (Å²) in [6.45, 7) is 0.349. The second kappa shape index (κ2) is 4.62. The fraction of sp³-hybridized carbons (Fsp3) is 0.400. The lowest BCUT2D eigenvalue weighted by atomic mass is 10.1. The molecule has 1 aromatic rings. The van der Waals surface area contributed by atoms with E-state index in [1.165, 1.54) is 4.90 Å². The van der Waals surface area contributed by atoms with Gasteiger partial charge in [0.15, 0.2) is 0 Å². The van der Waals surface area contributed by atoms with Gasteiger partial charge in [-0.15, -0.1) is 0 Å². The molecule has 0 aliphatic carbocycles. The lowest BCUT2D eigenvalue weighted by molar-refractivity contribution is -0.117. The van der Waals surface area contributed by atoms with Gasteiger partial charge in [0.05, 0.1) is 5.75 Å². The van der Waals surface area contributed by atoms with E-state index in [1.807, 2.05) is 0 Å². The van der Waals surface area contributed by atoms with Gasteiger partial charge in [0.1, 0.15) is 5.82 Å². The van der Waals surface area contributed by atoms with Crippen molar-refractivity contribution in [2.75, 3.05) is 17.2 Å². The molecule has 17 heavy (non-hydrogen) atoms. The summed E-state index contributed by atoms with van der Waals surface area (Å²) in [6.07, 6.45) is 1.79. The maximum absolute atomic E-state index is 11.7. The SMILES string of the molecule is O=C1CC(CS(=O)(=O)Cl)CN1c1ccccn1. The Hall–Kier alpha value is -1.14. The third-order valence-electron chi connectivity index (χ3n) is 2.57. The molecule has 0 saturated carbocycles. The highest BCUT2D eigenvalue weighted by molar-refractivity contribution is 8.13. The molecule has 1 atom stereocenters. The lowest BCUT2D eigenvalue weighted by Crippen LogP contribution is -2.26. The van der Waals surface area contributed by atoms with Crippen molar-refractivity contribution in [3.8, 4) is 0 Å². The summed E-state index contributed by atoms with van der Waals surface area (Å²) < 4.78 is 21.9. The van der Waals surface area contributed by atoms with Gasteiger partial charge >= 0.3 is 0 Å². The molecule has 0 spiro atoms. The Labute approximate surface area is 104 Å². The van der Waals surface area contributed by atoms with Gasteiger partial charge in [-0.1, -0.05) is 6.07 Å². The minimum absolute atomic E-state index is 0.117. The molecular formula is C10H11ClN2O3S. The van der Waals surface area contributed by atoms with E-state index >= 15 is 0 Å². The zero-order chi connectivity index (χ0) is 12.5. The van der Waals surface area contributed by atoms with Crippen molar-refractivity contribution in [2.24, 2.45) is 5.92 Å². The van der Waals surface area contributed by atoms with Crippen LogP contribution in [-0.2, 0) is 13.8 Å². The minimum Gasteiger partial charge on any atom is -0.296 e. The first-order valence-electron chi connectivity index (χ1n) is 5.09. The molecule has 1 saturated heterocycles. The molecule has 1 amide bonds. The van der Waals surface area contributed by atoms with Gasteiger partial charge in [-0.3, -0.25) is 9.69 Å². The normalized spacial score (nSPS) is 20.9. The van der Waals surface area contributed by atoms with E-state index in [4.69, 9.17) is 10.7 Å². The van der Waals surface area contributed by atoms with Crippen molar-refractivity contribution < 1.29 is 13.2 Å². The standard InChI is InChI=1S/C10H11ClN2O3S/c11-17(15,16)7-8-5-10(14)13(6-8)9-3-1-2-4-12-9/h1-4,8H,5-7H2. The largest absolute Gasteiger partial charge is 0.296 e. The highest BCUT2D eigenvalue weighted by Gasteiger charge is 2.33. The first kappa shape index (κ1) is 12.3. The second-order valence-electron chi connectivity index (χ2n) is 3.97. The first-order valence-corrected chi connectivity index (χ1v) is 7.57. The summed E-state index contributed by atoms with van der Waals surface area (Å²) in [6, 6.07) is 5.25. The minimum atomic E-state index is -3.56. The molecule has 1 unspecified atom stereocenters. The van der Waals surface area contributed by atoms with Crippen molar-refractivity contribution >= 4 is 31.5 Å². The zero-order valence-electron chi connectivity index (χ0n) is 8.91. The van der Waals surface area contributed by atoms with Gasteiger partial charge in [0, 0.05) is 35.8 Å². The van der Waals surface area contributed by atoms with Crippen molar-refractivity contribution in [1.82, 2.24) is 4.98 Å². The highest BCUT2D eigenvalue weighted by Crippen LogP contribution is 2.24. The van der Waals surface area contributed by atoms with Crippen LogP contribution in [0.1, 0.15) is 6.42 Å². The van der Waals surface area contributed by atoms with E-state index in [-0.39, 0.29) is 24.0 Å². The van der Waals surface area contributed by atoms with E-state index in [2.05, 4.69) is 4.98 Å². The molecule has 5 nitrogen and oxygen atoms in total. The van der Waals surface area contributed by atoms with Crippen molar-refractivity contribution in [1.29, 1.82) is 0 Å². The van der Waals surface area contributed by atoms with Crippen LogP contribution in [0.2, 0.25) is 0 Å². The Bertz CT molecular complexity index is 518. The number of halogens is 1. The van der Waals surface area contributed by atoms with Gasteiger partial charge in [-0.05, 0) is 12.1 Å². The Kier molecular flexibility index (Phi) is 3.35. The van der Waals surface area contributed by atoms with Gasteiger partial charge in [-0.2, -0.15) is 0 Å². The summed E-state index contributed by atoms with van der Waals surface area (Å²) in [7, 11) is 1.62. The maximum atomic E-state index is 11.7. The molecule has 0 bridgehead atoms. The molecule has 1 aromatic heterocycles. The number of aromatic nitrogens is 1. The Morgan fingerprint density at radius 1 is 1.47 bits per heavy atom. The fourth-order valence-corrected chi connectivity index (χ4v) is 3.23. The number of hydrogen-bond donors (Lipinski definition) is 0. The number of hydrogen-bond acceptors (Lipinski definition) is 4. The summed E-state index contributed by atoms with van der Waals surface area (Å²) >= 11 is 0. The summed E-state index contributed by atoms with van der Waals surface area (Å²) in [5, 5.41) is 0. The van der Waals surface area contributed by atoms with E-state index < -0.39 is 9.05 Å². The predicted molar refractivity (Wildman–Crippen MR) is 64.3 cm³/mol. The van der Waals surface area contributed by atoms with E-state index in [0.717, 1.165) is 0 Å². The number of anilines is 1. The van der Waals surface area contributed by atoms with Crippen LogP contribution in [0.4, 0.5) is 5.82 Å². The molecule has 1 aliphatic heterocycles. The average Bonchev–Trinajstić information content (AvgIpc) is 2.58. The molecule has 92 valence electrons. The first-order chi connectivity index (χ1) is 7.96. The molecule has 2 rings (SSSR count). The quantitative estimate of drug-likeness (QED) is 0.772. The van der Waals surface area contributed by atoms with Crippen LogP contribution in [0.15, 0.2) is 24.4 Å². The smallest absolute Gasteiger partial charge is 0.232 e. The van der Waals surface area contributed by atoms with Crippen LogP contribution < -0.4 is 4.90 Å². The number of carbonyl (C=O) groups is 1. The highest BCUT2D eigenvalue weighted by atomic mass is 35.7. The van der Waals surface area contributed by atoms with E-state index in [1.54, 1.807) is 24.4 Å². The van der Waals surface area contributed by atoms with Gasteiger partial charge in [0.25, 0.3) is 0 Å². The van der Waals surface area contributed by atoms with Crippen molar-refractivity contribution in [2.45, 2.75) is 6.42 Å². The Morgan fingerprint density at radius 3 is 2.82 bits per heavy atom. The van der Waals surface area contributed by atoms with E-state index in [9.17, 15) is 13.2 Å². The number of carbonyl (C=O) groups excluding carboxylic acids is 1. The summed E-state index contributed by atoms with van der Waals surface area (Å²) in [5.74, 6) is -0.00289.